The Morgan fingerprint density at radius 3 is 2.42 bits per heavy atom. The van der Waals surface area contributed by atoms with Crippen molar-refractivity contribution in [3.63, 3.8) is 0 Å². The second kappa shape index (κ2) is 6.33. The maximum atomic E-state index is 13.9. The molecule has 136 valence electrons. The van der Waals surface area contributed by atoms with Crippen LogP contribution >= 0.6 is 0 Å². The van der Waals surface area contributed by atoms with Crippen LogP contribution in [-0.4, -0.2) is 48.9 Å². The van der Waals surface area contributed by atoms with E-state index in [2.05, 4.69) is 9.97 Å². The van der Waals surface area contributed by atoms with Gasteiger partial charge in [0.25, 0.3) is 0 Å². The molecule has 0 unspecified atom stereocenters. The monoisotopic (exact) mass is 378 g/mol. The standard InChI is InChI=1S/C17H16F2N4O2S/c18-12-5-6-16(13(19)11-12)26(24,25)23-9-7-22(8-10-23)17-20-14-3-1-2-4-15(14)21-17/h1-6,11H,7-10H2,(H,20,21). The average molecular weight is 378 g/mol. The number of hydrogen-bond acceptors (Lipinski definition) is 4. The molecule has 1 saturated heterocycles. The van der Waals surface area contributed by atoms with E-state index >= 15 is 0 Å². The number of rotatable bonds is 3. The molecule has 4 rings (SSSR count). The van der Waals surface area contributed by atoms with Gasteiger partial charge < -0.3 is 9.88 Å². The van der Waals surface area contributed by atoms with E-state index in [0.717, 1.165) is 23.2 Å². The van der Waals surface area contributed by atoms with E-state index in [4.69, 9.17) is 0 Å². The van der Waals surface area contributed by atoms with Gasteiger partial charge in [-0.2, -0.15) is 4.31 Å². The van der Waals surface area contributed by atoms with E-state index in [1.54, 1.807) is 0 Å². The summed E-state index contributed by atoms with van der Waals surface area (Å²) < 4.78 is 53.4. The third kappa shape index (κ3) is 2.93. The van der Waals surface area contributed by atoms with Gasteiger partial charge in [-0.1, -0.05) is 12.1 Å². The number of para-hydroxylation sites is 2. The highest BCUT2D eigenvalue weighted by Crippen LogP contribution is 2.23. The second-order valence-corrected chi connectivity index (χ2v) is 7.95. The maximum absolute atomic E-state index is 13.9. The lowest BCUT2D eigenvalue weighted by molar-refractivity contribution is 0.380. The molecule has 26 heavy (non-hydrogen) atoms. The molecule has 0 saturated carbocycles. The summed E-state index contributed by atoms with van der Waals surface area (Å²) >= 11 is 0. The van der Waals surface area contributed by atoms with Crippen LogP contribution in [0.15, 0.2) is 47.4 Å². The second-order valence-electron chi connectivity index (χ2n) is 6.04. The van der Waals surface area contributed by atoms with Crippen molar-refractivity contribution in [1.82, 2.24) is 14.3 Å². The van der Waals surface area contributed by atoms with Gasteiger partial charge in [-0.15, -0.1) is 0 Å². The van der Waals surface area contributed by atoms with Gasteiger partial charge >= 0.3 is 0 Å². The van der Waals surface area contributed by atoms with Crippen LogP contribution in [-0.2, 0) is 10.0 Å². The van der Waals surface area contributed by atoms with Crippen LogP contribution in [0.4, 0.5) is 14.7 Å². The van der Waals surface area contributed by atoms with E-state index < -0.39 is 26.6 Å². The summed E-state index contributed by atoms with van der Waals surface area (Å²) in [5, 5.41) is 0. The van der Waals surface area contributed by atoms with E-state index in [0.29, 0.717) is 25.1 Å². The molecule has 0 atom stereocenters. The highest BCUT2D eigenvalue weighted by molar-refractivity contribution is 7.89. The minimum Gasteiger partial charge on any atom is -0.340 e. The molecule has 1 aliphatic rings. The topological polar surface area (TPSA) is 69.3 Å². The van der Waals surface area contributed by atoms with E-state index in [1.807, 2.05) is 29.2 Å². The van der Waals surface area contributed by atoms with Crippen molar-refractivity contribution in [1.29, 1.82) is 0 Å². The van der Waals surface area contributed by atoms with Crippen molar-refractivity contribution < 1.29 is 17.2 Å². The van der Waals surface area contributed by atoms with Crippen molar-refractivity contribution in [2.45, 2.75) is 4.90 Å². The van der Waals surface area contributed by atoms with Crippen LogP contribution in [0.3, 0.4) is 0 Å². The quantitative estimate of drug-likeness (QED) is 0.760. The number of hydrogen-bond donors (Lipinski definition) is 1. The van der Waals surface area contributed by atoms with Gasteiger partial charge in [-0.3, -0.25) is 0 Å². The molecule has 1 aliphatic heterocycles. The minimum atomic E-state index is -4.01. The number of imidazole rings is 1. The molecular weight excluding hydrogens is 362 g/mol. The molecule has 9 heteroatoms. The Bertz CT molecular complexity index is 1030. The molecule has 0 radical (unpaired) electrons. The zero-order chi connectivity index (χ0) is 18.3. The number of nitrogens with one attached hydrogen (secondary N) is 1. The van der Waals surface area contributed by atoms with E-state index in [1.165, 1.54) is 4.31 Å². The molecule has 1 fully saturated rings. The van der Waals surface area contributed by atoms with E-state index in [9.17, 15) is 17.2 Å². The summed E-state index contributed by atoms with van der Waals surface area (Å²) in [6.45, 7) is 1.22. The van der Waals surface area contributed by atoms with Crippen LogP contribution < -0.4 is 4.90 Å². The Morgan fingerprint density at radius 1 is 1.00 bits per heavy atom. The van der Waals surface area contributed by atoms with Crippen molar-refractivity contribution in [3.8, 4) is 0 Å². The first kappa shape index (κ1) is 16.9. The molecule has 0 spiro atoms. The molecule has 1 N–H and O–H groups in total. The zero-order valence-electron chi connectivity index (χ0n) is 13.7. The summed E-state index contributed by atoms with van der Waals surface area (Å²) in [6.07, 6.45) is 0. The number of anilines is 1. The lowest BCUT2D eigenvalue weighted by Gasteiger charge is -2.33. The Kier molecular flexibility index (Phi) is 4.12. The lowest BCUT2D eigenvalue weighted by Crippen LogP contribution is -2.49. The first-order valence-electron chi connectivity index (χ1n) is 8.10. The summed E-state index contributed by atoms with van der Waals surface area (Å²) in [5.41, 5.74) is 1.75. The van der Waals surface area contributed by atoms with Crippen molar-refractivity contribution in [2.75, 3.05) is 31.1 Å². The molecule has 0 aliphatic carbocycles. The van der Waals surface area contributed by atoms with Gasteiger partial charge in [0.05, 0.1) is 11.0 Å². The molecule has 6 nitrogen and oxygen atoms in total. The van der Waals surface area contributed by atoms with Crippen LogP contribution in [0.5, 0.6) is 0 Å². The van der Waals surface area contributed by atoms with Crippen molar-refractivity contribution >= 4 is 27.0 Å². The number of benzene rings is 2. The summed E-state index contributed by atoms with van der Waals surface area (Å²) in [7, 11) is -4.01. The third-order valence-electron chi connectivity index (χ3n) is 4.43. The summed E-state index contributed by atoms with van der Waals surface area (Å²) in [5.74, 6) is -1.21. The maximum Gasteiger partial charge on any atom is 0.246 e. The number of piperazine rings is 1. The molecule has 2 heterocycles. The minimum absolute atomic E-state index is 0.191. The number of sulfonamides is 1. The SMILES string of the molecule is O=S(=O)(c1ccc(F)cc1F)N1CCN(c2nc3ccccc3[nH]2)CC1. The fraction of sp³-hybridized carbons (Fsp3) is 0.235. The van der Waals surface area contributed by atoms with Gasteiger partial charge in [0.15, 0.2) is 0 Å². The van der Waals surface area contributed by atoms with Crippen LogP contribution in [0.1, 0.15) is 0 Å². The molecular formula is C17H16F2N4O2S. The number of aromatic amines is 1. The molecule has 2 aromatic carbocycles. The molecule has 1 aromatic heterocycles. The van der Waals surface area contributed by atoms with E-state index in [-0.39, 0.29) is 13.1 Å². The van der Waals surface area contributed by atoms with Crippen molar-refractivity contribution in [3.05, 3.63) is 54.1 Å². The van der Waals surface area contributed by atoms with Crippen LogP contribution in [0.25, 0.3) is 11.0 Å². The number of aromatic nitrogens is 2. The average Bonchev–Trinajstić information content (AvgIpc) is 3.05. The fourth-order valence-corrected chi connectivity index (χ4v) is 4.52. The largest absolute Gasteiger partial charge is 0.340 e. The summed E-state index contributed by atoms with van der Waals surface area (Å²) in [6, 6.07) is 10.1. The van der Waals surface area contributed by atoms with Crippen LogP contribution in [0, 0.1) is 11.6 Å². The fourth-order valence-electron chi connectivity index (χ4n) is 3.05. The van der Waals surface area contributed by atoms with Gasteiger partial charge in [0, 0.05) is 32.2 Å². The van der Waals surface area contributed by atoms with Gasteiger partial charge in [-0.25, -0.2) is 22.2 Å². The Morgan fingerprint density at radius 2 is 1.73 bits per heavy atom. The first-order chi connectivity index (χ1) is 12.4. The molecule has 0 bridgehead atoms. The normalized spacial score (nSPS) is 16.3. The number of H-pyrrole nitrogens is 1. The third-order valence-corrected chi connectivity index (χ3v) is 6.36. The number of fused-ring (bicyclic) bond motifs is 1. The molecule has 3 aromatic rings. The Labute approximate surface area is 149 Å². The number of nitrogens with zero attached hydrogens (tertiary/aromatic N) is 3. The van der Waals surface area contributed by atoms with Gasteiger partial charge in [-0.05, 0) is 24.3 Å². The van der Waals surface area contributed by atoms with Gasteiger partial charge in [0.1, 0.15) is 16.5 Å². The number of halogens is 2. The smallest absolute Gasteiger partial charge is 0.246 e. The first-order valence-corrected chi connectivity index (χ1v) is 9.54. The Balaban J connectivity index is 1.52. The van der Waals surface area contributed by atoms with Crippen molar-refractivity contribution in [2.24, 2.45) is 0 Å². The van der Waals surface area contributed by atoms with Crippen LogP contribution in [0.2, 0.25) is 0 Å². The Hall–Kier alpha value is -2.52. The molecule has 0 amide bonds. The van der Waals surface area contributed by atoms with Gasteiger partial charge in [0.2, 0.25) is 16.0 Å². The lowest BCUT2D eigenvalue weighted by atomic mass is 10.3. The predicted octanol–water partition coefficient (Wildman–Crippen LogP) is 2.35. The summed E-state index contributed by atoms with van der Waals surface area (Å²) in [4.78, 5) is 9.17. The predicted molar refractivity (Wildman–Crippen MR) is 93.4 cm³/mol. The zero-order valence-corrected chi connectivity index (χ0v) is 14.5. The highest BCUT2D eigenvalue weighted by atomic mass is 32.2. The highest BCUT2D eigenvalue weighted by Gasteiger charge is 2.31.